The summed E-state index contributed by atoms with van der Waals surface area (Å²) in [4.78, 5) is 0. The minimum absolute atomic E-state index is 1.01. The molecule has 0 radical (unpaired) electrons. The molecule has 2 heterocycles. The molecule has 5 rings (SSSR count). The van der Waals surface area contributed by atoms with Crippen LogP contribution in [0.4, 0.5) is 11.4 Å². The first-order chi connectivity index (χ1) is 15.8. The summed E-state index contributed by atoms with van der Waals surface area (Å²) in [5.74, 6) is 0. The van der Waals surface area contributed by atoms with E-state index in [0.717, 1.165) is 18.5 Å². The Morgan fingerprint density at radius 3 is 1.27 bits per heavy atom. The Bertz CT molecular complexity index is 1250. The zero-order valence-corrected chi connectivity index (χ0v) is 23.6. The van der Waals surface area contributed by atoms with Gasteiger partial charge in [0.1, 0.15) is 0 Å². The Kier molecular flexibility index (Phi) is 7.27. The van der Waals surface area contributed by atoms with E-state index >= 15 is 0 Å². The Morgan fingerprint density at radius 2 is 0.909 bits per heavy atom. The third kappa shape index (κ3) is 4.89. The SMILES string of the molecule is CC1=C[N-]c2c3c(ccc2=C1C)=C(C)C(C)=C[N-]3.[Cl][Sn]([Cl])([c]1ccccc1)[c]1ccccc1. The molecule has 0 atom stereocenters. The van der Waals surface area contributed by atoms with Crippen molar-refractivity contribution in [1.82, 2.24) is 0 Å². The first kappa shape index (κ1) is 24.0. The molecule has 3 aromatic carbocycles. The minimum atomic E-state index is -3.30. The molecular formula is C28H26Cl2N2Sn-2. The van der Waals surface area contributed by atoms with Gasteiger partial charge in [-0.1, -0.05) is 23.3 Å². The number of rotatable bonds is 2. The number of benzene rings is 3. The molecule has 5 heteroatoms. The van der Waals surface area contributed by atoms with E-state index in [1.54, 1.807) is 0 Å². The van der Waals surface area contributed by atoms with Crippen LogP contribution >= 0.6 is 17.8 Å². The van der Waals surface area contributed by atoms with Crippen LogP contribution in [0.25, 0.3) is 21.8 Å². The molecule has 0 saturated carbocycles. The van der Waals surface area contributed by atoms with Crippen LogP contribution in [0.5, 0.6) is 0 Å². The Labute approximate surface area is 207 Å². The van der Waals surface area contributed by atoms with Crippen LogP contribution in [0.3, 0.4) is 0 Å². The van der Waals surface area contributed by atoms with Gasteiger partial charge >= 0.3 is 102 Å². The molecule has 2 nitrogen and oxygen atoms in total. The Hall–Kier alpha value is -2.14. The summed E-state index contributed by atoms with van der Waals surface area (Å²) < 4.78 is 2.20. The Balaban J connectivity index is 0.000000160. The molecular weight excluding hydrogens is 554 g/mol. The van der Waals surface area contributed by atoms with Crippen molar-refractivity contribution in [2.45, 2.75) is 27.7 Å². The van der Waals surface area contributed by atoms with Crippen molar-refractivity contribution in [2.24, 2.45) is 0 Å². The van der Waals surface area contributed by atoms with E-state index in [1.165, 1.54) is 32.7 Å². The fraction of sp³-hybridized carbons (Fsp3) is 0.143. The monoisotopic (exact) mass is 580 g/mol. The number of allylic oxidation sites excluding steroid dienone is 2. The average Bonchev–Trinajstić information content (AvgIpc) is 2.85. The second kappa shape index (κ2) is 10.0. The first-order valence-electron chi connectivity index (χ1n) is 10.9. The van der Waals surface area contributed by atoms with Gasteiger partial charge in [-0.05, 0) is 49.3 Å². The van der Waals surface area contributed by atoms with Crippen LogP contribution in [0.15, 0.2) is 96.3 Å². The molecule has 2 aliphatic rings. The molecule has 0 bridgehead atoms. The summed E-state index contributed by atoms with van der Waals surface area (Å²) in [6, 6.07) is 24.3. The van der Waals surface area contributed by atoms with Crippen molar-refractivity contribution in [2.75, 3.05) is 0 Å². The molecule has 0 unspecified atom stereocenters. The molecule has 168 valence electrons. The van der Waals surface area contributed by atoms with Crippen molar-refractivity contribution in [3.05, 3.63) is 117 Å². The molecule has 2 aliphatic heterocycles. The second-order valence-electron chi connectivity index (χ2n) is 8.30. The number of halogens is 2. The van der Waals surface area contributed by atoms with Gasteiger partial charge in [0.25, 0.3) is 0 Å². The van der Waals surface area contributed by atoms with Crippen LogP contribution in [0.1, 0.15) is 27.7 Å². The third-order valence-electron chi connectivity index (χ3n) is 6.19. The predicted molar refractivity (Wildman–Crippen MR) is 147 cm³/mol. The quantitative estimate of drug-likeness (QED) is 0.306. The van der Waals surface area contributed by atoms with Gasteiger partial charge in [-0.25, -0.2) is 0 Å². The molecule has 0 amide bonds. The number of hydrogen-bond donors (Lipinski definition) is 0. The van der Waals surface area contributed by atoms with Crippen molar-refractivity contribution >= 4 is 63.6 Å². The zero-order chi connectivity index (χ0) is 23.6. The summed E-state index contributed by atoms with van der Waals surface area (Å²) in [5.41, 5.74) is 7.07. The van der Waals surface area contributed by atoms with Gasteiger partial charge in [0.05, 0.1) is 0 Å². The molecule has 3 aromatic rings. The van der Waals surface area contributed by atoms with Crippen LogP contribution in [0.2, 0.25) is 0 Å². The maximum atomic E-state index is 6.56. The normalized spacial score (nSPS) is 14.5. The molecule has 0 N–H and O–H groups in total. The molecule has 0 aliphatic carbocycles. The van der Waals surface area contributed by atoms with E-state index < -0.39 is 16.1 Å². The van der Waals surface area contributed by atoms with Gasteiger partial charge in [0.15, 0.2) is 0 Å². The maximum absolute atomic E-state index is 6.56. The average molecular weight is 580 g/mol. The summed E-state index contributed by atoms with van der Waals surface area (Å²) in [6.45, 7) is 8.48. The molecule has 0 spiro atoms. The standard InChI is InChI=1S/C16H16N2.2C6H5.2ClH.Sn/c1-9-7-17-15-13(11(9)3)5-6-14-12(4)10(2)8-18-16(14)15;2*1-2-4-6-5-3-1;;;/h5-8H,1-4H3;2*1-5H;2*1H;/q-2;;;;;+2/p-2. The third-order valence-corrected chi connectivity index (χ3v) is 18.1. The molecule has 0 saturated heterocycles. The van der Waals surface area contributed by atoms with E-state index in [-0.39, 0.29) is 0 Å². The first-order valence-corrected chi connectivity index (χ1v) is 21.0. The van der Waals surface area contributed by atoms with E-state index in [0.29, 0.717) is 0 Å². The summed E-state index contributed by atoms with van der Waals surface area (Å²) in [6.07, 6.45) is 3.88. The topological polar surface area (TPSA) is 28.2 Å². The summed E-state index contributed by atoms with van der Waals surface area (Å²) in [5, 5.41) is 11.6. The van der Waals surface area contributed by atoms with Crippen LogP contribution in [-0.2, 0) is 0 Å². The fourth-order valence-electron chi connectivity index (χ4n) is 3.85. The van der Waals surface area contributed by atoms with Crippen molar-refractivity contribution in [3.8, 4) is 0 Å². The molecule has 0 fully saturated rings. The van der Waals surface area contributed by atoms with Crippen molar-refractivity contribution < 1.29 is 0 Å². The number of fused-ring (bicyclic) bond motifs is 3. The summed E-state index contributed by atoms with van der Waals surface area (Å²) >= 11 is -3.30. The zero-order valence-electron chi connectivity index (χ0n) is 19.2. The van der Waals surface area contributed by atoms with Crippen molar-refractivity contribution in [1.29, 1.82) is 0 Å². The van der Waals surface area contributed by atoms with E-state index in [4.69, 9.17) is 17.8 Å². The predicted octanol–water partition coefficient (Wildman–Crippen LogP) is 6.59. The van der Waals surface area contributed by atoms with Gasteiger partial charge < -0.3 is 10.6 Å². The van der Waals surface area contributed by atoms with Gasteiger partial charge in [-0.3, -0.25) is 0 Å². The van der Waals surface area contributed by atoms with Crippen molar-refractivity contribution in [3.63, 3.8) is 0 Å². The molecule has 0 aromatic heterocycles. The van der Waals surface area contributed by atoms with Crippen LogP contribution in [0, 0.1) is 0 Å². The van der Waals surface area contributed by atoms with E-state index in [9.17, 15) is 0 Å². The molecule has 33 heavy (non-hydrogen) atoms. The van der Waals surface area contributed by atoms with E-state index in [2.05, 4.69) is 50.5 Å². The van der Waals surface area contributed by atoms with Gasteiger partial charge in [0.2, 0.25) is 0 Å². The second-order valence-corrected chi connectivity index (χ2v) is 23.8. The number of nitrogens with zero attached hydrogens (tertiary/aromatic N) is 2. The van der Waals surface area contributed by atoms with Crippen LogP contribution in [-0.4, -0.2) is 16.1 Å². The van der Waals surface area contributed by atoms with Gasteiger partial charge in [0, 0.05) is 0 Å². The van der Waals surface area contributed by atoms with Gasteiger partial charge in [-0.15, -0.1) is 11.4 Å². The van der Waals surface area contributed by atoms with E-state index in [1.807, 2.05) is 73.1 Å². The summed E-state index contributed by atoms with van der Waals surface area (Å²) in [7, 11) is 13.1. The van der Waals surface area contributed by atoms with Crippen LogP contribution < -0.4 is 17.6 Å². The van der Waals surface area contributed by atoms with Gasteiger partial charge in [-0.2, -0.15) is 12.4 Å². The fourth-order valence-corrected chi connectivity index (χ4v) is 11.7. The number of hydrogen-bond acceptors (Lipinski definition) is 0. The Morgan fingerprint density at radius 1 is 0.545 bits per heavy atom.